The van der Waals surface area contributed by atoms with Gasteiger partial charge in [0.1, 0.15) is 17.8 Å². The van der Waals surface area contributed by atoms with E-state index in [1.54, 1.807) is 18.0 Å². The smallest absolute Gasteiger partial charge is 0.226 e. The summed E-state index contributed by atoms with van der Waals surface area (Å²) < 4.78 is 5.92. The Kier molecular flexibility index (Phi) is 2.91. The standard InChI is InChI=1S/C14H16N4OS/c1-20-14-16-10-5-6-15-13-11(10)12(17-14)18-7-3-2-4-9(18)8-19-13/h5-6,9H,2-4,7-8H2,1H3. The van der Waals surface area contributed by atoms with E-state index in [0.29, 0.717) is 18.5 Å². The van der Waals surface area contributed by atoms with E-state index in [-0.39, 0.29) is 0 Å². The lowest BCUT2D eigenvalue weighted by atomic mass is 10.0. The number of hydrogen-bond acceptors (Lipinski definition) is 6. The molecule has 2 aromatic rings. The predicted octanol–water partition coefficient (Wildman–Crippen LogP) is 2.50. The first-order chi connectivity index (χ1) is 9.86. The Bertz CT molecular complexity index is 663. The van der Waals surface area contributed by atoms with Crippen LogP contribution in [0.2, 0.25) is 0 Å². The van der Waals surface area contributed by atoms with Crippen LogP contribution in [0.25, 0.3) is 10.9 Å². The second-order valence-corrected chi connectivity index (χ2v) is 5.97. The molecule has 1 saturated heterocycles. The van der Waals surface area contributed by atoms with Gasteiger partial charge in [0.15, 0.2) is 5.16 Å². The van der Waals surface area contributed by atoms with Gasteiger partial charge in [-0.05, 0) is 31.6 Å². The van der Waals surface area contributed by atoms with Crippen molar-refractivity contribution < 1.29 is 4.74 Å². The molecule has 0 radical (unpaired) electrons. The molecule has 0 spiro atoms. The van der Waals surface area contributed by atoms with Crippen LogP contribution in [0.5, 0.6) is 5.88 Å². The number of pyridine rings is 1. The van der Waals surface area contributed by atoms with Crippen LogP contribution >= 0.6 is 11.8 Å². The van der Waals surface area contributed by atoms with Gasteiger partial charge in [-0.3, -0.25) is 0 Å². The van der Waals surface area contributed by atoms with Gasteiger partial charge in [0.25, 0.3) is 0 Å². The summed E-state index contributed by atoms with van der Waals surface area (Å²) in [6.45, 7) is 1.74. The molecule has 4 heterocycles. The number of fused-ring (bicyclic) bond motifs is 2. The maximum absolute atomic E-state index is 5.92. The molecule has 1 atom stereocenters. The van der Waals surface area contributed by atoms with Crippen molar-refractivity contribution in [3.05, 3.63) is 12.3 Å². The van der Waals surface area contributed by atoms with Crippen molar-refractivity contribution in [3.8, 4) is 5.88 Å². The number of rotatable bonds is 1. The molecule has 6 heteroatoms. The first kappa shape index (κ1) is 12.2. The third-order valence-electron chi connectivity index (χ3n) is 4.03. The fourth-order valence-corrected chi connectivity index (χ4v) is 3.41. The zero-order valence-corrected chi connectivity index (χ0v) is 12.2. The van der Waals surface area contributed by atoms with Crippen molar-refractivity contribution >= 4 is 28.5 Å². The van der Waals surface area contributed by atoms with E-state index in [9.17, 15) is 0 Å². The monoisotopic (exact) mass is 288 g/mol. The van der Waals surface area contributed by atoms with Crippen LogP contribution in [0.15, 0.2) is 17.4 Å². The molecule has 1 unspecified atom stereocenters. The Morgan fingerprint density at radius 1 is 1.35 bits per heavy atom. The summed E-state index contributed by atoms with van der Waals surface area (Å²) in [6.07, 6.45) is 7.41. The highest BCUT2D eigenvalue weighted by atomic mass is 32.2. The fourth-order valence-electron chi connectivity index (χ4n) is 3.05. The van der Waals surface area contributed by atoms with E-state index >= 15 is 0 Å². The predicted molar refractivity (Wildman–Crippen MR) is 79.6 cm³/mol. The molecular weight excluding hydrogens is 272 g/mol. The fraction of sp³-hybridized carbons (Fsp3) is 0.500. The highest BCUT2D eigenvalue weighted by Gasteiger charge is 2.30. The van der Waals surface area contributed by atoms with Crippen molar-refractivity contribution in [2.45, 2.75) is 30.5 Å². The molecule has 2 aromatic heterocycles. The van der Waals surface area contributed by atoms with Gasteiger partial charge in [-0.2, -0.15) is 0 Å². The Balaban J connectivity index is 1.99. The first-order valence-corrected chi connectivity index (χ1v) is 8.19. The lowest BCUT2D eigenvalue weighted by molar-refractivity contribution is 0.260. The number of anilines is 1. The molecule has 2 aliphatic rings. The summed E-state index contributed by atoms with van der Waals surface area (Å²) in [5.74, 6) is 1.68. The Morgan fingerprint density at radius 2 is 2.30 bits per heavy atom. The van der Waals surface area contributed by atoms with Gasteiger partial charge >= 0.3 is 0 Å². The van der Waals surface area contributed by atoms with Gasteiger partial charge in [0.2, 0.25) is 5.88 Å². The van der Waals surface area contributed by atoms with Crippen LogP contribution < -0.4 is 9.64 Å². The maximum Gasteiger partial charge on any atom is 0.226 e. The van der Waals surface area contributed by atoms with Crippen molar-refractivity contribution in [3.63, 3.8) is 0 Å². The summed E-state index contributed by atoms with van der Waals surface area (Å²) in [6, 6.07) is 2.35. The molecule has 0 aromatic carbocycles. The number of thioether (sulfide) groups is 1. The average Bonchev–Trinajstić information content (AvgIpc) is 2.67. The van der Waals surface area contributed by atoms with Crippen LogP contribution in [0, 0.1) is 0 Å². The number of hydrogen-bond donors (Lipinski definition) is 0. The normalized spacial score (nSPS) is 21.2. The molecule has 1 fully saturated rings. The maximum atomic E-state index is 5.92. The van der Waals surface area contributed by atoms with Crippen LogP contribution in [-0.2, 0) is 0 Å². The number of aromatic nitrogens is 3. The molecule has 0 saturated carbocycles. The van der Waals surface area contributed by atoms with E-state index < -0.39 is 0 Å². The van der Waals surface area contributed by atoms with Crippen molar-refractivity contribution in [1.29, 1.82) is 0 Å². The van der Waals surface area contributed by atoms with Crippen molar-refractivity contribution in [2.24, 2.45) is 0 Å². The van der Waals surface area contributed by atoms with Gasteiger partial charge in [-0.15, -0.1) is 0 Å². The van der Waals surface area contributed by atoms with Gasteiger partial charge < -0.3 is 9.64 Å². The van der Waals surface area contributed by atoms with Crippen LogP contribution in [0.1, 0.15) is 19.3 Å². The van der Waals surface area contributed by atoms with Gasteiger partial charge in [-0.1, -0.05) is 11.8 Å². The van der Waals surface area contributed by atoms with E-state index in [1.807, 2.05) is 12.3 Å². The summed E-state index contributed by atoms with van der Waals surface area (Å²) in [4.78, 5) is 16.1. The quantitative estimate of drug-likeness (QED) is 0.593. The SMILES string of the molecule is CSc1nc2c3c(nccc3n1)OCC1CCCCN21. The van der Waals surface area contributed by atoms with Crippen molar-refractivity contribution in [1.82, 2.24) is 15.0 Å². The minimum absolute atomic E-state index is 0.408. The van der Waals surface area contributed by atoms with Crippen molar-refractivity contribution in [2.75, 3.05) is 24.3 Å². The lowest BCUT2D eigenvalue weighted by Crippen LogP contribution is -2.42. The summed E-state index contributed by atoms with van der Waals surface area (Å²) in [5.41, 5.74) is 0.926. The van der Waals surface area contributed by atoms with Crippen LogP contribution in [-0.4, -0.2) is 40.4 Å². The minimum atomic E-state index is 0.408. The third-order valence-corrected chi connectivity index (χ3v) is 4.58. The average molecular weight is 288 g/mol. The van der Waals surface area contributed by atoms with E-state index in [4.69, 9.17) is 9.72 Å². The largest absolute Gasteiger partial charge is 0.475 e. The highest BCUT2D eigenvalue weighted by Crippen LogP contribution is 2.37. The van der Waals surface area contributed by atoms with Crippen LogP contribution in [0.3, 0.4) is 0 Å². The zero-order valence-electron chi connectivity index (χ0n) is 11.4. The summed E-state index contributed by atoms with van der Waals surface area (Å²) in [5, 5.41) is 1.78. The summed E-state index contributed by atoms with van der Waals surface area (Å²) >= 11 is 1.58. The molecule has 104 valence electrons. The topological polar surface area (TPSA) is 51.1 Å². The van der Waals surface area contributed by atoms with E-state index in [0.717, 1.165) is 34.8 Å². The van der Waals surface area contributed by atoms with Gasteiger partial charge in [0, 0.05) is 12.7 Å². The lowest BCUT2D eigenvalue weighted by Gasteiger charge is -2.34. The Labute approximate surface area is 121 Å². The van der Waals surface area contributed by atoms with Gasteiger partial charge in [0.05, 0.1) is 11.6 Å². The molecule has 0 amide bonds. The molecule has 0 N–H and O–H groups in total. The molecule has 0 aliphatic carbocycles. The molecule has 2 aliphatic heterocycles. The molecule has 20 heavy (non-hydrogen) atoms. The number of nitrogens with zero attached hydrogens (tertiary/aromatic N) is 4. The number of piperidine rings is 1. The third kappa shape index (κ3) is 1.82. The second kappa shape index (κ2) is 4.77. The Morgan fingerprint density at radius 3 is 3.20 bits per heavy atom. The first-order valence-electron chi connectivity index (χ1n) is 6.97. The van der Waals surface area contributed by atoms with E-state index in [1.165, 1.54) is 12.8 Å². The molecule has 5 nitrogen and oxygen atoms in total. The molecule has 4 rings (SSSR count). The van der Waals surface area contributed by atoms with Gasteiger partial charge in [-0.25, -0.2) is 15.0 Å². The highest BCUT2D eigenvalue weighted by molar-refractivity contribution is 7.98. The Hall–Kier alpha value is -1.56. The molecular formula is C14H16N4OS. The summed E-state index contributed by atoms with van der Waals surface area (Å²) in [7, 11) is 0. The van der Waals surface area contributed by atoms with Crippen LogP contribution in [0.4, 0.5) is 5.82 Å². The second-order valence-electron chi connectivity index (χ2n) is 5.20. The minimum Gasteiger partial charge on any atom is -0.475 e. The number of ether oxygens (including phenoxy) is 1. The zero-order chi connectivity index (χ0) is 13.5. The van der Waals surface area contributed by atoms with E-state index in [2.05, 4.69) is 14.9 Å². The molecule has 0 bridgehead atoms.